The van der Waals surface area contributed by atoms with E-state index in [9.17, 15) is 0 Å². The summed E-state index contributed by atoms with van der Waals surface area (Å²) in [7, 11) is 4.84. The Morgan fingerprint density at radius 3 is 2.34 bits per heavy atom. The van der Waals surface area contributed by atoms with Gasteiger partial charge in [-0.1, -0.05) is 18.2 Å². The van der Waals surface area contributed by atoms with Gasteiger partial charge in [0, 0.05) is 17.9 Å². The van der Waals surface area contributed by atoms with Crippen molar-refractivity contribution in [1.29, 1.82) is 0 Å². The first kappa shape index (κ1) is 18.7. The Bertz CT molecular complexity index is 1110. The molecule has 0 amide bonds. The van der Waals surface area contributed by atoms with E-state index in [1.54, 1.807) is 21.3 Å². The largest absolute Gasteiger partial charge is 0.493 e. The van der Waals surface area contributed by atoms with E-state index in [2.05, 4.69) is 33.1 Å². The standard InChI is InChI=1S/C23H23N3O3/c1-27-21-11-16(12-22(28-2)23(21)29-3)14-24-17-7-6-8-18(13-17)26-15-25-19-9-4-5-10-20(19)26/h4-13,15,24H,14H2,1-3H3. The van der Waals surface area contributed by atoms with Crippen LogP contribution in [-0.4, -0.2) is 30.9 Å². The second kappa shape index (κ2) is 8.14. The van der Waals surface area contributed by atoms with Crippen molar-refractivity contribution >= 4 is 16.7 Å². The molecule has 0 aliphatic heterocycles. The van der Waals surface area contributed by atoms with Crippen molar-refractivity contribution in [2.24, 2.45) is 0 Å². The minimum atomic E-state index is 0.590. The van der Waals surface area contributed by atoms with Gasteiger partial charge in [0.05, 0.1) is 32.4 Å². The quantitative estimate of drug-likeness (QED) is 0.498. The summed E-state index contributed by atoms with van der Waals surface area (Å²) in [6.07, 6.45) is 1.85. The Morgan fingerprint density at radius 1 is 0.862 bits per heavy atom. The van der Waals surface area contributed by atoms with E-state index < -0.39 is 0 Å². The van der Waals surface area contributed by atoms with Crippen molar-refractivity contribution in [2.45, 2.75) is 6.54 Å². The SMILES string of the molecule is COc1cc(CNc2cccc(-n3cnc4ccccc43)c2)cc(OC)c1OC. The maximum absolute atomic E-state index is 5.44. The number of rotatable bonds is 7. The van der Waals surface area contributed by atoms with Crippen molar-refractivity contribution in [3.63, 3.8) is 0 Å². The molecule has 0 saturated heterocycles. The molecule has 29 heavy (non-hydrogen) atoms. The molecule has 0 radical (unpaired) electrons. The van der Waals surface area contributed by atoms with Crippen molar-refractivity contribution in [3.05, 3.63) is 72.6 Å². The summed E-state index contributed by atoms with van der Waals surface area (Å²) in [6.45, 7) is 0.616. The lowest BCUT2D eigenvalue weighted by molar-refractivity contribution is 0.324. The Labute approximate surface area is 169 Å². The van der Waals surface area contributed by atoms with Gasteiger partial charge < -0.3 is 19.5 Å². The van der Waals surface area contributed by atoms with E-state index in [1.807, 2.05) is 48.8 Å². The number of methoxy groups -OCH3 is 3. The number of hydrogen-bond donors (Lipinski definition) is 1. The van der Waals surface area contributed by atoms with Gasteiger partial charge in [-0.2, -0.15) is 0 Å². The van der Waals surface area contributed by atoms with Gasteiger partial charge >= 0.3 is 0 Å². The minimum Gasteiger partial charge on any atom is -0.493 e. The summed E-state index contributed by atoms with van der Waals surface area (Å²) in [4.78, 5) is 4.48. The highest BCUT2D eigenvalue weighted by Crippen LogP contribution is 2.38. The Balaban J connectivity index is 1.58. The lowest BCUT2D eigenvalue weighted by Gasteiger charge is -2.15. The molecule has 0 unspecified atom stereocenters. The van der Waals surface area contributed by atoms with Crippen LogP contribution in [0, 0.1) is 0 Å². The van der Waals surface area contributed by atoms with Gasteiger partial charge in [-0.05, 0) is 48.0 Å². The molecule has 3 aromatic carbocycles. The second-order valence-electron chi connectivity index (χ2n) is 6.54. The summed E-state index contributed by atoms with van der Waals surface area (Å²) in [5, 5.41) is 3.47. The molecule has 0 atom stereocenters. The first-order valence-corrected chi connectivity index (χ1v) is 9.28. The summed E-state index contributed by atoms with van der Waals surface area (Å²) in [5.74, 6) is 1.87. The lowest BCUT2D eigenvalue weighted by Crippen LogP contribution is -2.03. The van der Waals surface area contributed by atoms with Crippen molar-refractivity contribution in [3.8, 4) is 22.9 Å². The minimum absolute atomic E-state index is 0.590. The average molecular weight is 389 g/mol. The fourth-order valence-electron chi connectivity index (χ4n) is 3.37. The van der Waals surface area contributed by atoms with Crippen molar-refractivity contribution in [1.82, 2.24) is 9.55 Å². The molecule has 0 spiro atoms. The number of hydrogen-bond acceptors (Lipinski definition) is 5. The topological polar surface area (TPSA) is 57.5 Å². The molecule has 6 nitrogen and oxygen atoms in total. The first-order chi connectivity index (χ1) is 14.2. The van der Waals surface area contributed by atoms with Gasteiger partial charge in [-0.15, -0.1) is 0 Å². The molecule has 0 fully saturated rings. The molecule has 1 heterocycles. The van der Waals surface area contributed by atoms with Crippen molar-refractivity contribution < 1.29 is 14.2 Å². The fourth-order valence-corrected chi connectivity index (χ4v) is 3.37. The molecule has 0 saturated carbocycles. The van der Waals surface area contributed by atoms with Crippen LogP contribution in [0.4, 0.5) is 5.69 Å². The molecule has 6 heteroatoms. The van der Waals surface area contributed by atoms with E-state index in [1.165, 1.54) is 0 Å². The Hall–Kier alpha value is -3.67. The molecular weight excluding hydrogens is 366 g/mol. The molecule has 0 aliphatic rings. The van der Waals surface area contributed by atoms with Crippen LogP contribution in [0.2, 0.25) is 0 Å². The van der Waals surface area contributed by atoms with Gasteiger partial charge in [0.15, 0.2) is 11.5 Å². The zero-order chi connectivity index (χ0) is 20.2. The molecule has 1 N–H and O–H groups in total. The van der Waals surface area contributed by atoms with Crippen LogP contribution in [0.1, 0.15) is 5.56 Å². The maximum atomic E-state index is 5.44. The van der Waals surface area contributed by atoms with Crippen LogP contribution in [0.15, 0.2) is 67.0 Å². The van der Waals surface area contributed by atoms with Crippen LogP contribution in [0.5, 0.6) is 17.2 Å². The number of benzene rings is 3. The smallest absolute Gasteiger partial charge is 0.203 e. The monoisotopic (exact) mass is 389 g/mol. The van der Waals surface area contributed by atoms with E-state index in [-0.39, 0.29) is 0 Å². The number of anilines is 1. The van der Waals surface area contributed by atoms with Crippen LogP contribution < -0.4 is 19.5 Å². The van der Waals surface area contributed by atoms with Crippen molar-refractivity contribution in [2.75, 3.05) is 26.6 Å². The second-order valence-corrected chi connectivity index (χ2v) is 6.54. The van der Waals surface area contributed by atoms with Gasteiger partial charge in [0.1, 0.15) is 6.33 Å². The molecule has 4 rings (SSSR count). The predicted octanol–water partition coefficient (Wildman–Crippen LogP) is 4.66. The molecule has 0 bridgehead atoms. The number of fused-ring (bicyclic) bond motifs is 1. The summed E-state index contributed by atoms with van der Waals surface area (Å²) in [6, 6.07) is 20.2. The van der Waals surface area contributed by atoms with Gasteiger partial charge in [0.25, 0.3) is 0 Å². The molecule has 0 aliphatic carbocycles. The zero-order valence-corrected chi connectivity index (χ0v) is 16.7. The Morgan fingerprint density at radius 2 is 1.62 bits per heavy atom. The average Bonchev–Trinajstić information content (AvgIpc) is 3.21. The van der Waals surface area contributed by atoms with E-state index >= 15 is 0 Å². The number of nitrogens with zero attached hydrogens (tertiary/aromatic N) is 2. The normalized spacial score (nSPS) is 10.7. The van der Waals surface area contributed by atoms with E-state index in [4.69, 9.17) is 14.2 Å². The van der Waals surface area contributed by atoms with Crippen LogP contribution in [-0.2, 0) is 6.54 Å². The van der Waals surface area contributed by atoms with Crippen LogP contribution in [0.25, 0.3) is 16.7 Å². The highest BCUT2D eigenvalue weighted by Gasteiger charge is 2.13. The lowest BCUT2D eigenvalue weighted by atomic mass is 10.1. The summed E-state index contributed by atoms with van der Waals surface area (Å²) < 4.78 is 18.3. The molecular formula is C23H23N3O3. The number of para-hydroxylation sites is 2. The molecule has 1 aromatic heterocycles. The first-order valence-electron chi connectivity index (χ1n) is 9.28. The van der Waals surface area contributed by atoms with Gasteiger partial charge in [0.2, 0.25) is 5.75 Å². The van der Waals surface area contributed by atoms with Crippen LogP contribution >= 0.6 is 0 Å². The van der Waals surface area contributed by atoms with Gasteiger partial charge in [-0.3, -0.25) is 4.57 Å². The summed E-state index contributed by atoms with van der Waals surface area (Å²) in [5.41, 5.74) is 5.14. The van der Waals surface area contributed by atoms with E-state index in [0.29, 0.717) is 23.8 Å². The number of aromatic nitrogens is 2. The molecule has 148 valence electrons. The fraction of sp³-hybridized carbons (Fsp3) is 0.174. The number of nitrogens with one attached hydrogen (secondary N) is 1. The predicted molar refractivity (Wildman–Crippen MR) is 114 cm³/mol. The number of imidazole rings is 1. The third kappa shape index (κ3) is 3.69. The summed E-state index contributed by atoms with van der Waals surface area (Å²) >= 11 is 0. The van der Waals surface area contributed by atoms with Crippen LogP contribution in [0.3, 0.4) is 0 Å². The van der Waals surface area contributed by atoms with Gasteiger partial charge in [-0.25, -0.2) is 4.98 Å². The highest BCUT2D eigenvalue weighted by atomic mass is 16.5. The Kier molecular flexibility index (Phi) is 5.24. The van der Waals surface area contributed by atoms with E-state index in [0.717, 1.165) is 28.0 Å². The third-order valence-electron chi connectivity index (χ3n) is 4.80. The maximum Gasteiger partial charge on any atom is 0.203 e. The highest BCUT2D eigenvalue weighted by molar-refractivity contribution is 5.77. The third-order valence-corrected chi connectivity index (χ3v) is 4.80. The molecule has 4 aromatic rings. The zero-order valence-electron chi connectivity index (χ0n) is 16.7. The number of ether oxygens (including phenoxy) is 3.